The van der Waals surface area contributed by atoms with Crippen LogP contribution < -0.4 is 5.73 Å². The van der Waals surface area contributed by atoms with E-state index in [2.05, 4.69) is 30.4 Å². The molecule has 0 radical (unpaired) electrons. The van der Waals surface area contributed by atoms with E-state index in [4.69, 9.17) is 5.73 Å². The molecular weight excluding hydrogens is 174 g/mol. The van der Waals surface area contributed by atoms with Crippen molar-refractivity contribution in [2.45, 2.75) is 19.4 Å². The number of nitrogens with two attached hydrogens (primary N) is 1. The summed E-state index contributed by atoms with van der Waals surface area (Å²) in [6.45, 7) is 11.3. The second-order valence-corrected chi connectivity index (χ2v) is 4.39. The van der Waals surface area contributed by atoms with Crippen LogP contribution in [-0.2, 0) is 0 Å². The number of rotatable bonds is 4. The third-order valence-electron chi connectivity index (χ3n) is 2.91. The van der Waals surface area contributed by atoms with E-state index in [9.17, 15) is 0 Å². The first-order valence-electron chi connectivity index (χ1n) is 5.40. The third kappa shape index (κ3) is 3.40. The molecule has 82 valence electrons. The summed E-state index contributed by atoms with van der Waals surface area (Å²) in [4.78, 5) is 4.85. The number of nitrogens with zero attached hydrogens (tertiary/aromatic N) is 2. The Balaban J connectivity index is 2.38. The normalized spacial score (nSPS) is 25.2. The topological polar surface area (TPSA) is 32.5 Å². The van der Waals surface area contributed by atoms with E-state index < -0.39 is 0 Å². The molecule has 1 unspecified atom stereocenters. The molecule has 0 bridgehead atoms. The highest BCUT2D eigenvalue weighted by Gasteiger charge is 2.23. The van der Waals surface area contributed by atoms with Gasteiger partial charge < -0.3 is 10.6 Å². The lowest BCUT2D eigenvalue weighted by molar-refractivity contribution is 0.0956. The van der Waals surface area contributed by atoms with Crippen molar-refractivity contribution in [1.29, 1.82) is 0 Å². The van der Waals surface area contributed by atoms with Crippen molar-refractivity contribution in [3.63, 3.8) is 0 Å². The van der Waals surface area contributed by atoms with Crippen molar-refractivity contribution in [2.24, 2.45) is 5.73 Å². The highest BCUT2D eigenvalue weighted by Crippen LogP contribution is 2.09. The van der Waals surface area contributed by atoms with Gasteiger partial charge in [-0.15, -0.1) is 6.58 Å². The summed E-state index contributed by atoms with van der Waals surface area (Å²) >= 11 is 0. The van der Waals surface area contributed by atoms with Gasteiger partial charge in [-0.1, -0.05) is 5.57 Å². The van der Waals surface area contributed by atoms with Gasteiger partial charge in [-0.3, -0.25) is 4.90 Å². The number of hydrogen-bond donors (Lipinski definition) is 1. The van der Waals surface area contributed by atoms with Crippen LogP contribution in [0.1, 0.15) is 13.3 Å². The smallest absolute Gasteiger partial charge is 0.0346 e. The zero-order valence-electron chi connectivity index (χ0n) is 9.50. The van der Waals surface area contributed by atoms with Crippen molar-refractivity contribution in [1.82, 2.24) is 9.80 Å². The molecule has 3 nitrogen and oxygen atoms in total. The van der Waals surface area contributed by atoms with Crippen molar-refractivity contribution in [3.8, 4) is 0 Å². The lowest BCUT2D eigenvalue weighted by Crippen LogP contribution is -2.54. The molecule has 0 aromatic rings. The van der Waals surface area contributed by atoms with E-state index in [0.717, 1.165) is 39.1 Å². The molecular formula is C11H23N3. The fourth-order valence-corrected chi connectivity index (χ4v) is 1.90. The Morgan fingerprint density at radius 3 is 2.79 bits per heavy atom. The molecule has 2 N–H and O–H groups in total. The van der Waals surface area contributed by atoms with Crippen LogP contribution in [-0.4, -0.2) is 55.6 Å². The molecule has 0 amide bonds. The first-order chi connectivity index (χ1) is 6.63. The first-order valence-corrected chi connectivity index (χ1v) is 5.40. The van der Waals surface area contributed by atoms with Gasteiger partial charge in [-0.2, -0.15) is 0 Å². The minimum Gasteiger partial charge on any atom is -0.329 e. The molecule has 1 rings (SSSR count). The van der Waals surface area contributed by atoms with Crippen LogP contribution in [0.3, 0.4) is 0 Å². The number of likely N-dealkylation sites (N-methyl/N-ethyl adjacent to an activating group) is 1. The Labute approximate surface area is 87.6 Å². The third-order valence-corrected chi connectivity index (χ3v) is 2.91. The van der Waals surface area contributed by atoms with Gasteiger partial charge in [0.15, 0.2) is 0 Å². The Bertz CT molecular complexity index is 191. The van der Waals surface area contributed by atoms with Crippen LogP contribution in [0.15, 0.2) is 12.2 Å². The molecule has 0 saturated carbocycles. The van der Waals surface area contributed by atoms with Crippen LogP contribution in [0.5, 0.6) is 0 Å². The van der Waals surface area contributed by atoms with Gasteiger partial charge in [0, 0.05) is 38.8 Å². The van der Waals surface area contributed by atoms with Crippen molar-refractivity contribution < 1.29 is 0 Å². The molecule has 0 aromatic heterocycles. The van der Waals surface area contributed by atoms with Crippen molar-refractivity contribution >= 4 is 0 Å². The summed E-state index contributed by atoms with van der Waals surface area (Å²) in [5, 5.41) is 0. The van der Waals surface area contributed by atoms with E-state index in [-0.39, 0.29) is 0 Å². The van der Waals surface area contributed by atoms with E-state index >= 15 is 0 Å². The first kappa shape index (κ1) is 11.7. The van der Waals surface area contributed by atoms with Gasteiger partial charge >= 0.3 is 0 Å². The summed E-state index contributed by atoms with van der Waals surface area (Å²) in [5.41, 5.74) is 7.04. The van der Waals surface area contributed by atoms with E-state index in [1.807, 2.05) is 0 Å². The van der Waals surface area contributed by atoms with Crippen molar-refractivity contribution in [3.05, 3.63) is 12.2 Å². The highest BCUT2D eigenvalue weighted by atomic mass is 15.3. The van der Waals surface area contributed by atoms with E-state index in [1.165, 1.54) is 5.57 Å². The number of piperazine rings is 1. The average Bonchev–Trinajstić information content (AvgIpc) is 2.15. The fourth-order valence-electron chi connectivity index (χ4n) is 1.90. The monoisotopic (exact) mass is 197 g/mol. The molecule has 3 heteroatoms. The summed E-state index contributed by atoms with van der Waals surface area (Å²) in [6, 6.07) is 0.535. The zero-order valence-corrected chi connectivity index (χ0v) is 9.50. The minimum atomic E-state index is 0.535. The maximum Gasteiger partial charge on any atom is 0.0346 e. The van der Waals surface area contributed by atoms with Crippen molar-refractivity contribution in [2.75, 3.05) is 39.8 Å². The predicted molar refractivity (Wildman–Crippen MR) is 61.3 cm³/mol. The van der Waals surface area contributed by atoms with E-state index in [1.54, 1.807) is 0 Å². The Morgan fingerprint density at radius 1 is 1.50 bits per heavy atom. The molecule has 0 aliphatic carbocycles. The standard InChI is InChI=1S/C11H23N3/c1-10(2)4-5-14-7-6-13(3)9-11(14)8-12/h11H,1,4-9,12H2,2-3H3. The maximum absolute atomic E-state index is 5.77. The van der Waals surface area contributed by atoms with Gasteiger partial charge in [-0.05, 0) is 20.4 Å². The molecule has 0 spiro atoms. The second-order valence-electron chi connectivity index (χ2n) is 4.39. The fraction of sp³-hybridized carbons (Fsp3) is 0.818. The summed E-state index contributed by atoms with van der Waals surface area (Å²) in [5.74, 6) is 0. The largest absolute Gasteiger partial charge is 0.329 e. The molecule has 1 aliphatic rings. The van der Waals surface area contributed by atoms with Crippen LogP contribution in [0.25, 0.3) is 0 Å². The van der Waals surface area contributed by atoms with Gasteiger partial charge in [0.25, 0.3) is 0 Å². The lowest BCUT2D eigenvalue weighted by Gasteiger charge is -2.39. The molecule has 1 atom stereocenters. The maximum atomic E-state index is 5.77. The average molecular weight is 197 g/mol. The SMILES string of the molecule is C=C(C)CCN1CCN(C)CC1CN. The molecule has 1 fully saturated rings. The second kappa shape index (κ2) is 5.49. The predicted octanol–water partition coefficient (Wildman–Crippen LogP) is 0.527. The van der Waals surface area contributed by atoms with E-state index in [0.29, 0.717) is 6.04 Å². The van der Waals surface area contributed by atoms with Gasteiger partial charge in [0.1, 0.15) is 0 Å². The molecule has 1 saturated heterocycles. The molecule has 14 heavy (non-hydrogen) atoms. The summed E-state index contributed by atoms with van der Waals surface area (Å²) in [7, 11) is 2.17. The Kier molecular flexibility index (Phi) is 4.58. The molecule has 0 aromatic carbocycles. The summed E-state index contributed by atoms with van der Waals surface area (Å²) in [6.07, 6.45) is 1.10. The minimum absolute atomic E-state index is 0.535. The lowest BCUT2D eigenvalue weighted by atomic mass is 10.1. The zero-order chi connectivity index (χ0) is 10.6. The van der Waals surface area contributed by atoms with Crippen LogP contribution in [0.2, 0.25) is 0 Å². The Hall–Kier alpha value is -0.380. The van der Waals surface area contributed by atoms with Crippen LogP contribution in [0, 0.1) is 0 Å². The van der Waals surface area contributed by atoms with Gasteiger partial charge in [0.2, 0.25) is 0 Å². The molecule has 1 heterocycles. The Morgan fingerprint density at radius 2 is 2.21 bits per heavy atom. The quantitative estimate of drug-likeness (QED) is 0.667. The highest BCUT2D eigenvalue weighted by molar-refractivity contribution is 4.91. The van der Waals surface area contributed by atoms with Gasteiger partial charge in [-0.25, -0.2) is 0 Å². The number of hydrogen-bond acceptors (Lipinski definition) is 3. The van der Waals surface area contributed by atoms with Crippen LogP contribution in [0.4, 0.5) is 0 Å². The van der Waals surface area contributed by atoms with Crippen LogP contribution >= 0.6 is 0 Å². The summed E-state index contributed by atoms with van der Waals surface area (Å²) < 4.78 is 0. The van der Waals surface area contributed by atoms with Gasteiger partial charge in [0.05, 0.1) is 0 Å². The molecule has 1 aliphatic heterocycles.